The van der Waals surface area contributed by atoms with Crippen molar-refractivity contribution in [2.45, 2.75) is 141 Å². The molecule has 16 nitrogen and oxygen atoms in total. The number of nitrogens with one attached hydrogen (secondary N) is 1. The van der Waals surface area contributed by atoms with Crippen LogP contribution in [0.25, 0.3) is 34.1 Å². The van der Waals surface area contributed by atoms with E-state index in [2.05, 4.69) is 77.1 Å². The number of amides is 1. The zero-order valence-corrected chi connectivity index (χ0v) is 44.4. The number of aromatic nitrogens is 8. The van der Waals surface area contributed by atoms with Crippen molar-refractivity contribution in [3.8, 4) is 22.8 Å². The molecule has 396 valence electrons. The third-order valence-corrected chi connectivity index (χ3v) is 20.3. The number of nitrogens with zero attached hydrogens (tertiary/aromatic N) is 8. The van der Waals surface area contributed by atoms with Gasteiger partial charge in [-0.25, -0.2) is 32.3 Å². The molecule has 1 amide bonds. The number of rotatable bonds is 14. The normalized spacial score (nSPS) is 15.4. The van der Waals surface area contributed by atoms with E-state index in [-0.39, 0.29) is 55.0 Å². The van der Waals surface area contributed by atoms with Crippen LogP contribution in [0.15, 0.2) is 94.5 Å². The Morgan fingerprint density at radius 3 is 1.71 bits per heavy atom. The molecule has 2 aromatic carbocycles. The van der Waals surface area contributed by atoms with Gasteiger partial charge >= 0.3 is 5.97 Å². The van der Waals surface area contributed by atoms with Crippen molar-refractivity contribution < 1.29 is 45.7 Å². The molecule has 2 fully saturated rings. The minimum Gasteiger partial charge on any atom is -0.477 e. The fourth-order valence-electron chi connectivity index (χ4n) is 9.95. The first-order chi connectivity index (χ1) is 35.5. The largest absolute Gasteiger partial charge is 0.477 e. The molecule has 0 atom stereocenters. The van der Waals surface area contributed by atoms with E-state index in [1.54, 1.807) is 33.2 Å². The Balaban J connectivity index is 0.000000155. The van der Waals surface area contributed by atoms with Crippen LogP contribution in [0.3, 0.4) is 0 Å². The van der Waals surface area contributed by atoms with Gasteiger partial charge in [0.25, 0.3) is 5.91 Å². The number of benzene rings is 2. The number of alkyl halides is 4. The van der Waals surface area contributed by atoms with Crippen LogP contribution in [0.5, 0.6) is 0 Å². The molecule has 75 heavy (non-hydrogen) atoms. The fourth-order valence-corrected chi connectivity index (χ4v) is 15.4. The highest BCUT2D eigenvalue weighted by Crippen LogP contribution is 2.49. The molecule has 0 saturated heterocycles. The standard InChI is InChI=1S/C23H21F2N5O2.C18H28N2O3Si.C13H13F2N3O/c1-3-14-5-7-19-26-11-18(30(19)12-14)21(31)27-17-8-15(6-4-13(17)2)20-28-22(32-29-20)16-9-23(24,25)10-16;1-12(2)24(13(3)4,14(5)6)23-11-15-7-8-17-19-9-16(18(21)22)20(17)10-15;1-7-2-3-8(4-10(7)16)11-17-12(19-18-11)9-5-13(14,15)6-9/h4-8,11-12,16H,3,9-10H2,1-2H3,(H,27,31);7-10,12-14H,11H2,1-6H3,(H,21,22);2-4,9H,5-6,16H2,1H3. The molecule has 10 rings (SSSR count). The van der Waals surface area contributed by atoms with Gasteiger partial charge in [0.1, 0.15) is 17.0 Å². The number of anilines is 2. The third kappa shape index (κ3) is 11.7. The predicted molar refractivity (Wildman–Crippen MR) is 278 cm³/mol. The zero-order valence-electron chi connectivity index (χ0n) is 43.4. The van der Waals surface area contributed by atoms with Crippen LogP contribution in [0.1, 0.15) is 141 Å². The quantitative estimate of drug-likeness (QED) is 0.0526. The number of halogens is 4. The zero-order chi connectivity index (χ0) is 54.1. The van der Waals surface area contributed by atoms with Crippen LogP contribution in [0.2, 0.25) is 16.6 Å². The summed E-state index contributed by atoms with van der Waals surface area (Å²) in [4.78, 5) is 41.2. The molecule has 0 aliphatic heterocycles. The van der Waals surface area contributed by atoms with Crippen molar-refractivity contribution in [1.29, 1.82) is 0 Å². The lowest BCUT2D eigenvalue weighted by Gasteiger charge is -2.42. The van der Waals surface area contributed by atoms with Gasteiger partial charge in [-0.2, -0.15) is 9.97 Å². The molecule has 2 aliphatic carbocycles. The highest BCUT2D eigenvalue weighted by atomic mass is 28.4. The number of pyridine rings is 2. The van der Waals surface area contributed by atoms with Crippen LogP contribution < -0.4 is 11.1 Å². The first kappa shape index (κ1) is 54.0. The Hall–Kier alpha value is -7.26. The van der Waals surface area contributed by atoms with Crippen molar-refractivity contribution in [2.75, 3.05) is 11.1 Å². The topological polar surface area (TPSA) is 214 Å². The average molecular weight is 1050 g/mol. The first-order valence-corrected chi connectivity index (χ1v) is 27.1. The SMILES string of the molecule is CC(C)[Si](OCc1ccc2ncc(C(=O)O)n2c1)(C(C)C)C(C)C.CCc1ccc2ncc(C(=O)Nc3cc(-c4noc(C5CC(F)(F)C5)n4)ccc3C)n2c1.Cc1ccc(-c2noc(C3CC(F)(F)C3)n2)cc1N. The van der Waals surface area contributed by atoms with Crippen LogP contribution in [-0.2, 0) is 17.5 Å². The average Bonchev–Trinajstić information content (AvgIpc) is 4.18. The summed E-state index contributed by atoms with van der Waals surface area (Å²) in [7, 11) is -1.94. The van der Waals surface area contributed by atoms with Crippen LogP contribution in [0.4, 0.5) is 28.9 Å². The van der Waals surface area contributed by atoms with E-state index in [9.17, 15) is 32.3 Å². The summed E-state index contributed by atoms with van der Waals surface area (Å²) in [6, 6.07) is 18.5. The van der Waals surface area contributed by atoms with Gasteiger partial charge in [0.2, 0.25) is 43.6 Å². The number of hydrogen-bond donors (Lipinski definition) is 3. The third-order valence-electron chi connectivity index (χ3n) is 14.2. The summed E-state index contributed by atoms with van der Waals surface area (Å²) in [5.74, 6) is -6.09. The number of carboxylic acid groups (broad SMARTS) is 1. The van der Waals surface area contributed by atoms with Crippen molar-refractivity contribution >= 4 is 42.9 Å². The van der Waals surface area contributed by atoms with E-state index < -0.39 is 32.0 Å². The van der Waals surface area contributed by atoms with E-state index in [1.807, 2.05) is 75.6 Å². The Morgan fingerprint density at radius 1 is 0.733 bits per heavy atom. The number of nitrogen functional groups attached to an aromatic ring is 1. The summed E-state index contributed by atoms with van der Waals surface area (Å²) in [5.41, 5.74) is 15.8. The van der Waals surface area contributed by atoms with E-state index >= 15 is 0 Å². The monoisotopic (exact) mass is 1050 g/mol. The molecular formula is C54H62F4N10O6Si. The number of fused-ring (bicyclic) bond motifs is 2. The predicted octanol–water partition coefficient (Wildman–Crippen LogP) is 12.9. The fraction of sp³-hybridized carbons (Fsp3) is 0.407. The molecule has 2 saturated carbocycles. The van der Waals surface area contributed by atoms with Gasteiger partial charge in [-0.1, -0.05) is 95.2 Å². The lowest BCUT2D eigenvalue weighted by atomic mass is 9.81. The van der Waals surface area contributed by atoms with Gasteiger partial charge in [-0.3, -0.25) is 13.6 Å². The Bertz CT molecular complexity index is 3310. The molecular weight excluding hydrogens is 989 g/mol. The number of carboxylic acids is 1. The number of carbonyl (C=O) groups excluding carboxylic acids is 1. The number of carbonyl (C=O) groups is 2. The Morgan fingerprint density at radius 2 is 1.21 bits per heavy atom. The minimum absolute atomic E-state index is 0.173. The first-order valence-electron chi connectivity index (χ1n) is 25.0. The van der Waals surface area contributed by atoms with Gasteiger partial charge < -0.3 is 29.6 Å². The second-order valence-corrected chi connectivity index (χ2v) is 25.9. The highest BCUT2D eigenvalue weighted by Gasteiger charge is 2.49. The summed E-state index contributed by atoms with van der Waals surface area (Å²) in [6.45, 7) is 19.9. The molecule has 2 aliphatic rings. The number of aryl methyl sites for hydroxylation is 3. The van der Waals surface area contributed by atoms with Gasteiger partial charge in [0.05, 0.1) is 19.0 Å². The van der Waals surface area contributed by atoms with E-state index in [4.69, 9.17) is 19.2 Å². The van der Waals surface area contributed by atoms with Gasteiger partial charge in [0, 0.05) is 72.4 Å². The van der Waals surface area contributed by atoms with Gasteiger partial charge in [-0.15, -0.1) is 0 Å². The molecule has 21 heteroatoms. The highest BCUT2D eigenvalue weighted by molar-refractivity contribution is 6.77. The maximum absolute atomic E-state index is 13.1. The number of aromatic carboxylic acids is 1. The second kappa shape index (κ2) is 21.5. The maximum Gasteiger partial charge on any atom is 0.354 e. The van der Waals surface area contributed by atoms with Crippen molar-refractivity contribution in [1.82, 2.24) is 39.1 Å². The minimum atomic E-state index is -2.66. The molecule has 0 bridgehead atoms. The lowest BCUT2D eigenvalue weighted by molar-refractivity contribution is -0.0930. The van der Waals surface area contributed by atoms with E-state index in [0.29, 0.717) is 68.8 Å². The molecule has 6 aromatic heterocycles. The van der Waals surface area contributed by atoms with Crippen LogP contribution in [0, 0.1) is 13.8 Å². The van der Waals surface area contributed by atoms with E-state index in [1.165, 1.54) is 6.20 Å². The summed E-state index contributed by atoms with van der Waals surface area (Å²) in [6.07, 6.45) is 6.53. The van der Waals surface area contributed by atoms with Crippen LogP contribution >= 0.6 is 0 Å². The van der Waals surface area contributed by atoms with E-state index in [0.717, 1.165) is 34.2 Å². The molecule has 8 aromatic rings. The van der Waals surface area contributed by atoms with Crippen LogP contribution in [-0.4, -0.2) is 76.2 Å². The Labute approximate surface area is 432 Å². The molecule has 6 heterocycles. The molecule has 0 spiro atoms. The Kier molecular flexibility index (Phi) is 15.5. The second-order valence-electron chi connectivity index (χ2n) is 20.5. The van der Waals surface area contributed by atoms with Crippen molar-refractivity contribution in [3.63, 3.8) is 0 Å². The van der Waals surface area contributed by atoms with Crippen molar-refractivity contribution in [2.24, 2.45) is 0 Å². The molecule has 4 N–H and O–H groups in total. The number of nitrogens with two attached hydrogens (primary N) is 1. The molecule has 0 radical (unpaired) electrons. The van der Waals surface area contributed by atoms with Gasteiger partial charge in [0.15, 0.2) is 5.69 Å². The summed E-state index contributed by atoms with van der Waals surface area (Å²) < 4.78 is 72.1. The number of hydrogen-bond acceptors (Lipinski definition) is 12. The van der Waals surface area contributed by atoms with Crippen molar-refractivity contribution in [3.05, 3.63) is 131 Å². The summed E-state index contributed by atoms with van der Waals surface area (Å²) in [5, 5.41) is 19.9. The smallest absolute Gasteiger partial charge is 0.354 e. The lowest BCUT2D eigenvalue weighted by Crippen LogP contribution is -2.47. The molecule has 0 unspecified atom stereocenters. The summed E-state index contributed by atoms with van der Waals surface area (Å²) >= 11 is 0. The maximum atomic E-state index is 13.1. The van der Waals surface area contributed by atoms with Gasteiger partial charge in [-0.05, 0) is 83.4 Å². The number of imidazole rings is 2.